The lowest BCUT2D eigenvalue weighted by molar-refractivity contribution is 0.251. The number of aromatic amines is 1. The fourth-order valence-electron chi connectivity index (χ4n) is 1.51. The molecule has 1 atom stereocenters. The fraction of sp³-hybridized carbons (Fsp3) is 0.364. The molecule has 0 aliphatic heterocycles. The van der Waals surface area contributed by atoms with E-state index in [4.69, 9.17) is 5.11 Å². The highest BCUT2D eigenvalue weighted by Gasteiger charge is 2.04. The molecule has 0 radical (unpaired) electrons. The molecule has 0 amide bonds. The van der Waals surface area contributed by atoms with Crippen LogP contribution in [0.5, 0.6) is 0 Å². The molecule has 2 rings (SSSR count). The van der Waals surface area contributed by atoms with Gasteiger partial charge in [0.05, 0.1) is 6.61 Å². The highest BCUT2D eigenvalue weighted by atomic mass is 16.3. The van der Waals surface area contributed by atoms with Gasteiger partial charge in [-0.2, -0.15) is 0 Å². The first-order chi connectivity index (χ1) is 7.31. The van der Waals surface area contributed by atoms with Crippen LogP contribution in [0.3, 0.4) is 0 Å². The number of fused-ring (bicyclic) bond motifs is 1. The van der Waals surface area contributed by atoms with Gasteiger partial charge in [-0.1, -0.05) is 0 Å². The third kappa shape index (κ3) is 2.16. The summed E-state index contributed by atoms with van der Waals surface area (Å²) in [6, 6.07) is 4.08. The van der Waals surface area contributed by atoms with E-state index < -0.39 is 0 Å². The molecule has 4 heteroatoms. The lowest BCUT2D eigenvalue weighted by atomic mass is 10.2. The fourth-order valence-corrected chi connectivity index (χ4v) is 1.51. The molecule has 0 aromatic carbocycles. The van der Waals surface area contributed by atoms with Gasteiger partial charge < -0.3 is 15.4 Å². The molecule has 0 fully saturated rings. The highest BCUT2D eigenvalue weighted by molar-refractivity contribution is 5.79. The molecule has 0 saturated carbocycles. The summed E-state index contributed by atoms with van der Waals surface area (Å²) in [6.07, 6.45) is 3.72. The smallest absolute Gasteiger partial charge is 0.137 e. The Kier molecular flexibility index (Phi) is 2.99. The van der Waals surface area contributed by atoms with Crippen LogP contribution in [0.4, 0.5) is 0 Å². The van der Waals surface area contributed by atoms with Crippen molar-refractivity contribution in [1.82, 2.24) is 15.3 Å². The van der Waals surface area contributed by atoms with E-state index in [0.717, 1.165) is 17.6 Å². The minimum absolute atomic E-state index is 0.117. The van der Waals surface area contributed by atoms with E-state index in [1.54, 1.807) is 6.20 Å². The van der Waals surface area contributed by atoms with Crippen LogP contribution < -0.4 is 5.32 Å². The zero-order valence-electron chi connectivity index (χ0n) is 8.70. The average Bonchev–Trinajstić information content (AvgIpc) is 2.69. The predicted molar refractivity (Wildman–Crippen MR) is 59.5 cm³/mol. The molecule has 2 aromatic rings. The number of aromatic nitrogens is 2. The van der Waals surface area contributed by atoms with Crippen molar-refractivity contribution in [2.45, 2.75) is 19.5 Å². The van der Waals surface area contributed by atoms with Crippen LogP contribution in [-0.4, -0.2) is 27.7 Å². The quantitative estimate of drug-likeness (QED) is 0.698. The number of nitrogens with one attached hydrogen (secondary N) is 2. The summed E-state index contributed by atoms with van der Waals surface area (Å²) in [5, 5.41) is 13.3. The summed E-state index contributed by atoms with van der Waals surface area (Å²) < 4.78 is 0. The Morgan fingerprint density at radius 3 is 3.27 bits per heavy atom. The van der Waals surface area contributed by atoms with E-state index >= 15 is 0 Å². The molecule has 0 bridgehead atoms. The van der Waals surface area contributed by atoms with Crippen molar-refractivity contribution in [3.05, 3.63) is 30.1 Å². The zero-order valence-corrected chi connectivity index (χ0v) is 8.70. The van der Waals surface area contributed by atoms with Gasteiger partial charge in [0.1, 0.15) is 5.65 Å². The van der Waals surface area contributed by atoms with Crippen molar-refractivity contribution in [1.29, 1.82) is 0 Å². The number of pyridine rings is 1. The Bertz CT molecular complexity index is 438. The van der Waals surface area contributed by atoms with E-state index in [1.807, 2.05) is 25.3 Å². The molecule has 0 aliphatic carbocycles. The minimum atomic E-state index is 0.117. The van der Waals surface area contributed by atoms with Crippen LogP contribution >= 0.6 is 0 Å². The standard InChI is InChI=1S/C11H15N3O/c1-8(7-15)13-5-9-6-14-11-10(9)3-2-4-12-11/h2-4,6,8,13,15H,5,7H2,1H3,(H,12,14). The molecule has 15 heavy (non-hydrogen) atoms. The Hall–Kier alpha value is -1.39. The third-order valence-electron chi connectivity index (χ3n) is 2.45. The van der Waals surface area contributed by atoms with Crippen molar-refractivity contribution in [2.75, 3.05) is 6.61 Å². The van der Waals surface area contributed by atoms with Crippen LogP contribution in [0.25, 0.3) is 11.0 Å². The summed E-state index contributed by atoms with van der Waals surface area (Å²) >= 11 is 0. The summed E-state index contributed by atoms with van der Waals surface area (Å²) in [5.41, 5.74) is 2.09. The Morgan fingerprint density at radius 1 is 1.60 bits per heavy atom. The molecule has 0 spiro atoms. The maximum absolute atomic E-state index is 8.89. The van der Waals surface area contributed by atoms with E-state index in [1.165, 1.54) is 5.56 Å². The third-order valence-corrected chi connectivity index (χ3v) is 2.45. The number of nitrogens with zero attached hydrogens (tertiary/aromatic N) is 1. The van der Waals surface area contributed by atoms with Crippen LogP contribution in [0.1, 0.15) is 12.5 Å². The predicted octanol–water partition coefficient (Wildman–Crippen LogP) is 1.03. The number of H-pyrrole nitrogens is 1. The maximum Gasteiger partial charge on any atom is 0.137 e. The second-order valence-electron chi connectivity index (χ2n) is 3.68. The number of aliphatic hydroxyl groups excluding tert-OH is 1. The molecule has 0 aliphatic rings. The van der Waals surface area contributed by atoms with Crippen molar-refractivity contribution < 1.29 is 5.11 Å². The Balaban J connectivity index is 2.14. The zero-order chi connectivity index (χ0) is 10.7. The number of aliphatic hydroxyl groups is 1. The first kappa shape index (κ1) is 10.1. The van der Waals surface area contributed by atoms with Gasteiger partial charge >= 0.3 is 0 Å². The monoisotopic (exact) mass is 205 g/mol. The first-order valence-electron chi connectivity index (χ1n) is 5.06. The van der Waals surface area contributed by atoms with Crippen molar-refractivity contribution in [2.24, 2.45) is 0 Å². The van der Waals surface area contributed by atoms with Crippen LogP contribution in [0.15, 0.2) is 24.5 Å². The molecule has 3 N–H and O–H groups in total. The number of hydrogen-bond acceptors (Lipinski definition) is 3. The molecule has 0 saturated heterocycles. The van der Waals surface area contributed by atoms with Gasteiger partial charge in [-0.05, 0) is 24.6 Å². The molecular formula is C11H15N3O. The Labute approximate surface area is 88.3 Å². The molecule has 2 aromatic heterocycles. The molecular weight excluding hydrogens is 190 g/mol. The summed E-state index contributed by atoms with van der Waals surface area (Å²) in [7, 11) is 0. The van der Waals surface area contributed by atoms with Crippen LogP contribution in [0, 0.1) is 0 Å². The number of hydrogen-bond donors (Lipinski definition) is 3. The molecule has 4 nitrogen and oxygen atoms in total. The van der Waals surface area contributed by atoms with Crippen molar-refractivity contribution in [3.63, 3.8) is 0 Å². The van der Waals surface area contributed by atoms with E-state index in [9.17, 15) is 0 Å². The minimum Gasteiger partial charge on any atom is -0.395 e. The lowest BCUT2D eigenvalue weighted by Crippen LogP contribution is -2.28. The van der Waals surface area contributed by atoms with E-state index in [0.29, 0.717) is 0 Å². The van der Waals surface area contributed by atoms with E-state index in [-0.39, 0.29) is 12.6 Å². The van der Waals surface area contributed by atoms with Gasteiger partial charge in [0.15, 0.2) is 0 Å². The van der Waals surface area contributed by atoms with E-state index in [2.05, 4.69) is 15.3 Å². The second kappa shape index (κ2) is 4.42. The normalized spacial score (nSPS) is 13.2. The average molecular weight is 205 g/mol. The molecule has 1 unspecified atom stereocenters. The SMILES string of the molecule is CC(CO)NCc1c[nH]c2ncccc12. The van der Waals surface area contributed by atoms with Crippen LogP contribution in [0.2, 0.25) is 0 Å². The summed E-state index contributed by atoms with van der Waals surface area (Å²) in [5.74, 6) is 0. The molecule has 2 heterocycles. The number of rotatable bonds is 4. The highest BCUT2D eigenvalue weighted by Crippen LogP contribution is 2.15. The lowest BCUT2D eigenvalue weighted by Gasteiger charge is -2.09. The first-order valence-corrected chi connectivity index (χ1v) is 5.06. The van der Waals surface area contributed by atoms with Gasteiger partial charge in [0.25, 0.3) is 0 Å². The van der Waals surface area contributed by atoms with Crippen molar-refractivity contribution >= 4 is 11.0 Å². The van der Waals surface area contributed by atoms with Crippen molar-refractivity contribution in [3.8, 4) is 0 Å². The second-order valence-corrected chi connectivity index (χ2v) is 3.68. The summed E-state index contributed by atoms with van der Waals surface area (Å²) in [4.78, 5) is 7.33. The topological polar surface area (TPSA) is 60.9 Å². The summed E-state index contributed by atoms with van der Waals surface area (Å²) in [6.45, 7) is 2.85. The van der Waals surface area contributed by atoms with Gasteiger partial charge in [-0.3, -0.25) is 0 Å². The Morgan fingerprint density at radius 2 is 2.47 bits per heavy atom. The van der Waals surface area contributed by atoms with Gasteiger partial charge in [-0.25, -0.2) is 4.98 Å². The van der Waals surface area contributed by atoms with Gasteiger partial charge in [0, 0.05) is 30.4 Å². The largest absolute Gasteiger partial charge is 0.395 e. The van der Waals surface area contributed by atoms with Gasteiger partial charge in [-0.15, -0.1) is 0 Å². The van der Waals surface area contributed by atoms with Gasteiger partial charge in [0.2, 0.25) is 0 Å². The maximum atomic E-state index is 8.89. The molecule has 80 valence electrons. The van der Waals surface area contributed by atoms with Crippen LogP contribution in [-0.2, 0) is 6.54 Å².